The molecule has 0 saturated carbocycles. The fraction of sp³-hybridized carbons (Fsp3) is 0.154. The van der Waals surface area contributed by atoms with Gasteiger partial charge in [-0.25, -0.2) is 0 Å². The van der Waals surface area contributed by atoms with Crippen LogP contribution in [0.2, 0.25) is 0 Å². The predicted molar refractivity (Wildman–Crippen MR) is 122 cm³/mol. The molecule has 1 N–H and O–H groups in total. The Hall–Kier alpha value is -4.26. The molecule has 0 radical (unpaired) electrons. The number of carbonyl (C=O) groups is 2. The maximum atomic E-state index is 13.3. The number of carbonyl (C=O) groups excluding carboxylic acids is 2. The molecule has 1 heterocycles. The van der Waals surface area contributed by atoms with Gasteiger partial charge in [-0.15, -0.1) is 0 Å². The van der Waals surface area contributed by atoms with E-state index in [0.717, 1.165) is 11.1 Å². The summed E-state index contributed by atoms with van der Waals surface area (Å²) in [6.45, 7) is 0.0932. The number of para-hydroxylation sites is 1. The number of amides is 1. The van der Waals surface area contributed by atoms with E-state index in [1.807, 2.05) is 60.7 Å². The van der Waals surface area contributed by atoms with Gasteiger partial charge in [-0.1, -0.05) is 72.8 Å². The second-order valence-corrected chi connectivity index (χ2v) is 7.81. The van der Waals surface area contributed by atoms with Gasteiger partial charge >= 0.3 is 0 Å². The van der Waals surface area contributed by atoms with E-state index in [0.29, 0.717) is 6.42 Å². The molecule has 3 aromatic carbocycles. The highest BCUT2D eigenvalue weighted by Crippen LogP contribution is 2.42. The Morgan fingerprint density at radius 3 is 2.12 bits per heavy atom. The summed E-state index contributed by atoms with van der Waals surface area (Å²) < 4.78 is 0. The van der Waals surface area contributed by atoms with Crippen molar-refractivity contribution in [2.75, 3.05) is 0 Å². The average molecular weight is 442 g/mol. The van der Waals surface area contributed by atoms with Gasteiger partial charge < -0.3 is 10.0 Å². The molecule has 1 aliphatic rings. The van der Waals surface area contributed by atoms with Crippen LogP contribution in [0.5, 0.6) is 0 Å². The van der Waals surface area contributed by atoms with Crippen molar-refractivity contribution in [3.05, 3.63) is 123 Å². The van der Waals surface area contributed by atoms with Crippen molar-refractivity contribution < 1.29 is 19.6 Å². The lowest BCUT2D eigenvalue weighted by atomic mass is 9.92. The molecular formula is C26H22N2O5. The van der Waals surface area contributed by atoms with E-state index >= 15 is 0 Å². The Labute approximate surface area is 190 Å². The van der Waals surface area contributed by atoms with Gasteiger partial charge in [0, 0.05) is 19.0 Å². The van der Waals surface area contributed by atoms with Crippen LogP contribution in [0.25, 0.3) is 0 Å². The molecule has 0 fully saturated rings. The van der Waals surface area contributed by atoms with Gasteiger partial charge in [0.2, 0.25) is 0 Å². The highest BCUT2D eigenvalue weighted by atomic mass is 16.6. The van der Waals surface area contributed by atoms with E-state index in [9.17, 15) is 24.8 Å². The molecule has 7 nitrogen and oxygen atoms in total. The quantitative estimate of drug-likeness (QED) is 0.403. The number of ketones is 1. The zero-order valence-electron chi connectivity index (χ0n) is 17.8. The number of hydrogen-bond acceptors (Lipinski definition) is 5. The van der Waals surface area contributed by atoms with E-state index in [2.05, 4.69) is 0 Å². The monoisotopic (exact) mass is 442 g/mol. The molecule has 1 atom stereocenters. The third-order valence-electron chi connectivity index (χ3n) is 5.71. The molecule has 0 aromatic heterocycles. The van der Waals surface area contributed by atoms with Crippen LogP contribution >= 0.6 is 0 Å². The van der Waals surface area contributed by atoms with Crippen molar-refractivity contribution in [3.8, 4) is 0 Å². The second-order valence-electron chi connectivity index (χ2n) is 7.81. The Morgan fingerprint density at radius 2 is 1.48 bits per heavy atom. The van der Waals surface area contributed by atoms with Gasteiger partial charge in [-0.2, -0.15) is 0 Å². The predicted octanol–water partition coefficient (Wildman–Crippen LogP) is 4.69. The van der Waals surface area contributed by atoms with Gasteiger partial charge in [-0.05, 0) is 23.6 Å². The van der Waals surface area contributed by atoms with Crippen LogP contribution in [0, 0.1) is 10.1 Å². The molecule has 1 aliphatic heterocycles. The standard InChI is InChI=1S/C26H22N2O5/c29-22(16-15-18-9-3-1-4-10-18)23-24(20-13-7-8-14-21(20)28(32)33)27(26(31)25(23)30)17-19-11-5-2-6-12-19/h1-14,24,30H,15-17H2. The molecule has 33 heavy (non-hydrogen) atoms. The number of rotatable bonds is 8. The molecule has 166 valence electrons. The van der Waals surface area contributed by atoms with Gasteiger partial charge in [0.1, 0.15) is 0 Å². The number of aliphatic hydroxyl groups is 1. The first-order valence-electron chi connectivity index (χ1n) is 10.6. The molecule has 0 aliphatic carbocycles. The fourth-order valence-electron chi connectivity index (χ4n) is 4.13. The van der Waals surface area contributed by atoms with Gasteiger partial charge in [-0.3, -0.25) is 19.7 Å². The summed E-state index contributed by atoms with van der Waals surface area (Å²) in [4.78, 5) is 38.8. The average Bonchev–Trinajstić information content (AvgIpc) is 3.08. The van der Waals surface area contributed by atoms with E-state index in [1.165, 1.54) is 23.1 Å². The topological polar surface area (TPSA) is 101 Å². The SMILES string of the molecule is O=C(CCc1ccccc1)C1=C(O)C(=O)N(Cc2ccccc2)C1c1ccccc1[N+](=O)[O-]. The van der Waals surface area contributed by atoms with Crippen molar-refractivity contribution in [1.29, 1.82) is 0 Å². The highest BCUT2D eigenvalue weighted by Gasteiger charge is 2.45. The van der Waals surface area contributed by atoms with E-state index in [1.54, 1.807) is 6.07 Å². The van der Waals surface area contributed by atoms with Crippen molar-refractivity contribution >= 4 is 17.4 Å². The molecule has 7 heteroatoms. The van der Waals surface area contributed by atoms with Crippen LogP contribution in [-0.4, -0.2) is 26.6 Å². The molecule has 3 aromatic rings. The van der Waals surface area contributed by atoms with Crippen LogP contribution < -0.4 is 0 Å². The lowest BCUT2D eigenvalue weighted by molar-refractivity contribution is -0.385. The third kappa shape index (κ3) is 4.52. The fourth-order valence-corrected chi connectivity index (χ4v) is 4.13. The molecule has 4 rings (SSSR count). The summed E-state index contributed by atoms with van der Waals surface area (Å²) in [5.41, 5.74) is 1.61. The zero-order chi connectivity index (χ0) is 23.4. The Balaban J connectivity index is 1.73. The van der Waals surface area contributed by atoms with Crippen LogP contribution in [0.4, 0.5) is 5.69 Å². The van der Waals surface area contributed by atoms with Crippen molar-refractivity contribution in [3.63, 3.8) is 0 Å². The summed E-state index contributed by atoms with van der Waals surface area (Å²) in [7, 11) is 0. The maximum Gasteiger partial charge on any atom is 0.290 e. The minimum Gasteiger partial charge on any atom is -0.503 e. The van der Waals surface area contributed by atoms with Crippen LogP contribution in [0.3, 0.4) is 0 Å². The molecule has 1 amide bonds. The number of nitro benzene ring substituents is 1. The lowest BCUT2D eigenvalue weighted by Crippen LogP contribution is -2.31. The Morgan fingerprint density at radius 1 is 0.909 bits per heavy atom. The third-order valence-corrected chi connectivity index (χ3v) is 5.71. The number of aryl methyl sites for hydroxylation is 1. The molecule has 0 spiro atoms. The van der Waals surface area contributed by atoms with E-state index < -0.39 is 28.4 Å². The Kier molecular flexibility index (Phi) is 6.31. The first kappa shape index (κ1) is 22.0. The zero-order valence-corrected chi connectivity index (χ0v) is 17.8. The van der Waals surface area contributed by atoms with E-state index in [4.69, 9.17) is 0 Å². The summed E-state index contributed by atoms with van der Waals surface area (Å²) >= 11 is 0. The van der Waals surface area contributed by atoms with Gasteiger partial charge in [0.05, 0.1) is 22.1 Å². The van der Waals surface area contributed by atoms with Gasteiger partial charge in [0.25, 0.3) is 11.6 Å². The first-order valence-corrected chi connectivity index (χ1v) is 10.6. The van der Waals surface area contributed by atoms with Crippen LogP contribution in [0.15, 0.2) is 96.3 Å². The molecule has 0 bridgehead atoms. The first-order chi connectivity index (χ1) is 16.0. The van der Waals surface area contributed by atoms with Crippen molar-refractivity contribution in [1.82, 2.24) is 4.90 Å². The van der Waals surface area contributed by atoms with Crippen LogP contribution in [-0.2, 0) is 22.6 Å². The summed E-state index contributed by atoms with van der Waals surface area (Å²) in [5, 5.41) is 22.5. The van der Waals surface area contributed by atoms with Crippen LogP contribution in [0.1, 0.15) is 29.2 Å². The number of aliphatic hydroxyl groups excluding tert-OH is 1. The minimum absolute atomic E-state index is 0.0625. The normalized spacial score (nSPS) is 15.7. The second kappa shape index (κ2) is 9.48. The smallest absolute Gasteiger partial charge is 0.290 e. The number of benzene rings is 3. The number of hydrogen-bond donors (Lipinski definition) is 1. The Bertz CT molecular complexity index is 1220. The number of nitro groups is 1. The van der Waals surface area contributed by atoms with Crippen molar-refractivity contribution in [2.24, 2.45) is 0 Å². The largest absolute Gasteiger partial charge is 0.503 e. The molecule has 1 unspecified atom stereocenters. The summed E-state index contributed by atoms with van der Waals surface area (Å²) in [6.07, 6.45) is 0.486. The van der Waals surface area contributed by atoms with E-state index in [-0.39, 0.29) is 29.8 Å². The summed E-state index contributed by atoms with van der Waals surface area (Å²) in [6, 6.07) is 23.4. The summed E-state index contributed by atoms with van der Waals surface area (Å²) in [5.74, 6) is -1.78. The van der Waals surface area contributed by atoms with Crippen molar-refractivity contribution in [2.45, 2.75) is 25.4 Å². The number of nitrogens with zero attached hydrogens (tertiary/aromatic N) is 2. The lowest BCUT2D eigenvalue weighted by Gasteiger charge is -2.26. The molecular weight excluding hydrogens is 420 g/mol. The highest BCUT2D eigenvalue weighted by molar-refractivity contribution is 6.09. The molecule has 0 saturated heterocycles. The number of Topliss-reactive ketones (excluding diaryl/α,β-unsaturated/α-hetero) is 1. The minimum atomic E-state index is -1.05. The maximum absolute atomic E-state index is 13.3. The van der Waals surface area contributed by atoms with Gasteiger partial charge in [0.15, 0.2) is 11.5 Å².